The van der Waals surface area contributed by atoms with Crippen LogP contribution in [-0.2, 0) is 6.54 Å². The SMILES string of the molecule is CCNC(=NCc1ccc(NC(=O)c2ccco2)cc1)NC1CCN(c2ccccc2)C1.I. The molecule has 2 aromatic carbocycles. The minimum atomic E-state index is -0.263. The third kappa shape index (κ3) is 6.98. The minimum absolute atomic E-state index is 0. The maximum Gasteiger partial charge on any atom is 0.291 e. The number of guanidine groups is 1. The van der Waals surface area contributed by atoms with E-state index in [0.29, 0.717) is 12.6 Å². The van der Waals surface area contributed by atoms with Crippen molar-refractivity contribution in [2.45, 2.75) is 25.9 Å². The minimum Gasteiger partial charge on any atom is -0.459 e. The second-order valence-electron chi connectivity index (χ2n) is 7.74. The first kappa shape index (κ1) is 24.6. The van der Waals surface area contributed by atoms with E-state index in [1.807, 2.05) is 30.3 Å². The van der Waals surface area contributed by atoms with Gasteiger partial charge < -0.3 is 25.3 Å². The number of nitrogens with zero attached hydrogens (tertiary/aromatic N) is 2. The number of nitrogens with one attached hydrogen (secondary N) is 3. The number of halogens is 1. The first-order valence-corrected chi connectivity index (χ1v) is 11.0. The molecular weight excluding hydrogens is 529 g/mol. The van der Waals surface area contributed by atoms with Crippen LogP contribution in [0, 0.1) is 0 Å². The van der Waals surface area contributed by atoms with Gasteiger partial charge in [-0.3, -0.25) is 4.79 Å². The van der Waals surface area contributed by atoms with Crippen molar-refractivity contribution in [1.29, 1.82) is 0 Å². The molecule has 33 heavy (non-hydrogen) atoms. The third-order valence-electron chi connectivity index (χ3n) is 5.37. The summed E-state index contributed by atoms with van der Waals surface area (Å²) in [4.78, 5) is 19.2. The summed E-state index contributed by atoms with van der Waals surface area (Å²) in [5.41, 5.74) is 3.05. The van der Waals surface area contributed by atoms with Crippen LogP contribution in [0.4, 0.5) is 11.4 Å². The number of furan rings is 1. The first-order chi connectivity index (χ1) is 15.7. The topological polar surface area (TPSA) is 81.9 Å². The summed E-state index contributed by atoms with van der Waals surface area (Å²) >= 11 is 0. The highest BCUT2D eigenvalue weighted by molar-refractivity contribution is 14.0. The summed E-state index contributed by atoms with van der Waals surface area (Å²) in [5, 5.41) is 9.73. The quantitative estimate of drug-likeness (QED) is 0.226. The lowest BCUT2D eigenvalue weighted by molar-refractivity contribution is 0.0996. The van der Waals surface area contributed by atoms with Crippen LogP contribution in [0.15, 0.2) is 82.4 Å². The Kier molecular flexibility index (Phi) is 9.17. The van der Waals surface area contributed by atoms with Crippen LogP contribution >= 0.6 is 24.0 Å². The largest absolute Gasteiger partial charge is 0.459 e. The number of benzene rings is 2. The average molecular weight is 559 g/mol. The zero-order valence-corrected chi connectivity index (χ0v) is 21.0. The monoisotopic (exact) mass is 559 g/mol. The Balaban J connectivity index is 0.00000306. The zero-order valence-electron chi connectivity index (χ0n) is 18.7. The van der Waals surface area contributed by atoms with Gasteiger partial charge in [-0.2, -0.15) is 0 Å². The van der Waals surface area contributed by atoms with Gasteiger partial charge in [0, 0.05) is 37.1 Å². The molecule has 0 aliphatic carbocycles. The Bertz CT molecular complexity index is 1020. The van der Waals surface area contributed by atoms with E-state index in [-0.39, 0.29) is 35.6 Å². The molecule has 7 nitrogen and oxygen atoms in total. The summed E-state index contributed by atoms with van der Waals surface area (Å²) in [6.07, 6.45) is 2.56. The lowest BCUT2D eigenvalue weighted by atomic mass is 10.2. The van der Waals surface area contributed by atoms with Crippen LogP contribution in [0.25, 0.3) is 0 Å². The summed E-state index contributed by atoms with van der Waals surface area (Å²) in [6, 6.07) is 21.9. The van der Waals surface area contributed by atoms with Gasteiger partial charge in [-0.25, -0.2) is 4.99 Å². The number of carbonyl (C=O) groups is 1. The number of amides is 1. The van der Waals surface area contributed by atoms with Gasteiger partial charge in [-0.1, -0.05) is 30.3 Å². The highest BCUT2D eigenvalue weighted by Gasteiger charge is 2.23. The van der Waals surface area contributed by atoms with Crippen molar-refractivity contribution in [3.63, 3.8) is 0 Å². The standard InChI is InChI=1S/C25H29N5O2.HI/c1-2-26-25(29-21-14-15-30(18-21)22-7-4-3-5-8-22)27-17-19-10-12-20(13-11-19)28-24(31)23-9-6-16-32-23;/h3-13,16,21H,2,14-15,17-18H2,1H3,(H,28,31)(H2,26,27,29);1H. The van der Waals surface area contributed by atoms with Gasteiger partial charge in [0.2, 0.25) is 0 Å². The van der Waals surface area contributed by atoms with Gasteiger partial charge in [0.15, 0.2) is 11.7 Å². The predicted molar refractivity (Wildman–Crippen MR) is 144 cm³/mol. The lowest BCUT2D eigenvalue weighted by Gasteiger charge is -2.20. The van der Waals surface area contributed by atoms with Crippen molar-refractivity contribution in [3.8, 4) is 0 Å². The zero-order chi connectivity index (χ0) is 22.2. The summed E-state index contributed by atoms with van der Waals surface area (Å²) in [7, 11) is 0. The molecule has 1 aliphatic heterocycles. The smallest absolute Gasteiger partial charge is 0.291 e. The van der Waals surface area contributed by atoms with Crippen LogP contribution in [0.3, 0.4) is 0 Å². The number of aliphatic imine (C=N–C) groups is 1. The second-order valence-corrected chi connectivity index (χ2v) is 7.74. The summed E-state index contributed by atoms with van der Waals surface area (Å²) in [5.74, 6) is 0.848. The molecule has 0 radical (unpaired) electrons. The number of anilines is 2. The first-order valence-electron chi connectivity index (χ1n) is 11.0. The molecule has 0 bridgehead atoms. The molecule has 1 unspecified atom stereocenters. The van der Waals surface area contributed by atoms with Crippen LogP contribution < -0.4 is 20.9 Å². The van der Waals surface area contributed by atoms with E-state index in [0.717, 1.165) is 43.3 Å². The highest BCUT2D eigenvalue weighted by atomic mass is 127. The van der Waals surface area contributed by atoms with Gasteiger partial charge in [-0.15, -0.1) is 24.0 Å². The molecule has 2 heterocycles. The summed E-state index contributed by atoms with van der Waals surface area (Å²) < 4.78 is 5.12. The second kappa shape index (κ2) is 12.3. The number of para-hydroxylation sites is 1. The van der Waals surface area contributed by atoms with Crippen molar-refractivity contribution in [2.75, 3.05) is 29.9 Å². The molecule has 174 valence electrons. The third-order valence-corrected chi connectivity index (χ3v) is 5.37. The van der Waals surface area contributed by atoms with E-state index in [4.69, 9.17) is 9.41 Å². The molecule has 1 aromatic heterocycles. The Morgan fingerprint density at radius 1 is 1.09 bits per heavy atom. The Morgan fingerprint density at radius 2 is 1.88 bits per heavy atom. The molecule has 1 aliphatic rings. The maximum absolute atomic E-state index is 12.1. The molecule has 3 N–H and O–H groups in total. The molecule has 8 heteroatoms. The average Bonchev–Trinajstić information content (AvgIpc) is 3.52. The number of rotatable bonds is 7. The van der Waals surface area contributed by atoms with E-state index in [1.54, 1.807) is 12.1 Å². The predicted octanol–water partition coefficient (Wildman–Crippen LogP) is 4.48. The Labute approximate surface area is 211 Å². The normalized spacial score (nSPS) is 15.6. The fraction of sp³-hybridized carbons (Fsp3) is 0.280. The Morgan fingerprint density at radius 3 is 2.58 bits per heavy atom. The fourth-order valence-electron chi connectivity index (χ4n) is 3.73. The molecule has 0 saturated carbocycles. The van der Waals surface area contributed by atoms with E-state index in [9.17, 15) is 4.79 Å². The molecule has 4 rings (SSSR count). The summed E-state index contributed by atoms with van der Waals surface area (Å²) in [6.45, 7) is 5.42. The number of hydrogen-bond donors (Lipinski definition) is 3. The van der Waals surface area contributed by atoms with Crippen molar-refractivity contribution in [1.82, 2.24) is 10.6 Å². The van der Waals surface area contributed by atoms with Crippen molar-refractivity contribution in [3.05, 3.63) is 84.3 Å². The Hall–Kier alpha value is -3.01. The van der Waals surface area contributed by atoms with Gasteiger partial charge in [0.1, 0.15) is 0 Å². The molecule has 1 amide bonds. The number of carbonyl (C=O) groups excluding carboxylic acids is 1. The van der Waals surface area contributed by atoms with Gasteiger partial charge in [0.25, 0.3) is 5.91 Å². The van der Waals surface area contributed by atoms with Crippen molar-refractivity contribution < 1.29 is 9.21 Å². The molecule has 0 spiro atoms. The van der Waals surface area contributed by atoms with Crippen LogP contribution in [0.1, 0.15) is 29.5 Å². The number of hydrogen-bond acceptors (Lipinski definition) is 4. The van der Waals surface area contributed by atoms with E-state index in [2.05, 4.69) is 52.0 Å². The van der Waals surface area contributed by atoms with E-state index >= 15 is 0 Å². The van der Waals surface area contributed by atoms with Crippen LogP contribution in [0.2, 0.25) is 0 Å². The van der Waals surface area contributed by atoms with Crippen LogP contribution in [-0.4, -0.2) is 37.5 Å². The fourth-order valence-corrected chi connectivity index (χ4v) is 3.73. The van der Waals surface area contributed by atoms with Gasteiger partial charge >= 0.3 is 0 Å². The van der Waals surface area contributed by atoms with Crippen molar-refractivity contribution >= 4 is 47.2 Å². The lowest BCUT2D eigenvalue weighted by Crippen LogP contribution is -2.44. The van der Waals surface area contributed by atoms with E-state index in [1.165, 1.54) is 12.0 Å². The molecular formula is C25H30IN5O2. The van der Waals surface area contributed by atoms with Gasteiger partial charge in [0.05, 0.1) is 12.8 Å². The van der Waals surface area contributed by atoms with Crippen LogP contribution in [0.5, 0.6) is 0 Å². The van der Waals surface area contributed by atoms with Crippen molar-refractivity contribution in [2.24, 2.45) is 4.99 Å². The molecule has 1 saturated heterocycles. The van der Waals surface area contributed by atoms with E-state index < -0.39 is 0 Å². The molecule has 1 fully saturated rings. The maximum atomic E-state index is 12.1. The highest BCUT2D eigenvalue weighted by Crippen LogP contribution is 2.19. The van der Waals surface area contributed by atoms with Gasteiger partial charge in [-0.05, 0) is 55.3 Å². The molecule has 1 atom stereocenters. The molecule has 3 aromatic rings.